The molecule has 1 heterocycles. The molecule has 0 bridgehead atoms. The Kier molecular flexibility index (Phi) is 3.65. The minimum Gasteiger partial charge on any atom is -0.383 e. The lowest BCUT2D eigenvalue weighted by molar-refractivity contribution is 0.104. The molecule has 0 saturated carbocycles. The topological polar surface area (TPSA) is 33.2 Å². The third-order valence-electron chi connectivity index (χ3n) is 1.56. The highest BCUT2D eigenvalue weighted by molar-refractivity contribution is 6.34. The minimum atomic E-state index is -0.119. The van der Waals surface area contributed by atoms with Crippen LogP contribution in [0.5, 0.6) is 0 Å². The summed E-state index contributed by atoms with van der Waals surface area (Å²) >= 11 is 5.80. The van der Waals surface area contributed by atoms with Gasteiger partial charge >= 0.3 is 0 Å². The van der Waals surface area contributed by atoms with E-state index in [1.807, 2.05) is 14.1 Å². The van der Waals surface area contributed by atoms with Crippen LogP contribution in [0.25, 0.3) is 0 Å². The van der Waals surface area contributed by atoms with E-state index in [2.05, 4.69) is 4.98 Å². The van der Waals surface area contributed by atoms with Crippen molar-refractivity contribution in [1.29, 1.82) is 0 Å². The van der Waals surface area contributed by atoms with Crippen molar-refractivity contribution in [2.24, 2.45) is 0 Å². The zero-order valence-electron chi connectivity index (χ0n) is 8.07. The number of allylic oxidation sites excluding steroid dienone is 1. The standard InChI is InChI=1S/C10H11ClN2O/c1-13(2)6-4-10(14)8-3-5-12-7-9(8)11/h3-7H,1-2H3. The van der Waals surface area contributed by atoms with Crippen molar-refractivity contribution in [3.8, 4) is 0 Å². The maximum Gasteiger partial charge on any atom is 0.188 e. The molecule has 1 aromatic rings. The van der Waals surface area contributed by atoms with Crippen LogP contribution in [0.1, 0.15) is 10.4 Å². The van der Waals surface area contributed by atoms with Gasteiger partial charge in [0.2, 0.25) is 0 Å². The number of halogens is 1. The second-order valence-electron chi connectivity index (χ2n) is 3.00. The third kappa shape index (κ3) is 2.85. The SMILES string of the molecule is CN(C)C=CC(=O)c1ccncc1Cl. The van der Waals surface area contributed by atoms with Crippen LogP contribution in [0.2, 0.25) is 5.02 Å². The maximum absolute atomic E-state index is 11.5. The molecule has 1 rings (SSSR count). The van der Waals surface area contributed by atoms with Gasteiger partial charge in [-0.3, -0.25) is 9.78 Å². The summed E-state index contributed by atoms with van der Waals surface area (Å²) in [6.07, 6.45) is 6.15. The Labute approximate surface area is 88.0 Å². The molecule has 0 saturated heterocycles. The summed E-state index contributed by atoms with van der Waals surface area (Å²) in [6, 6.07) is 1.60. The number of pyridine rings is 1. The molecule has 0 aromatic carbocycles. The van der Waals surface area contributed by atoms with Crippen LogP contribution in [-0.4, -0.2) is 29.8 Å². The molecule has 0 aliphatic carbocycles. The average molecular weight is 211 g/mol. The monoisotopic (exact) mass is 210 g/mol. The normalized spacial score (nSPS) is 10.5. The summed E-state index contributed by atoms with van der Waals surface area (Å²) in [6.45, 7) is 0. The van der Waals surface area contributed by atoms with Crippen molar-refractivity contribution >= 4 is 17.4 Å². The van der Waals surface area contributed by atoms with E-state index in [9.17, 15) is 4.79 Å². The zero-order chi connectivity index (χ0) is 10.6. The molecule has 0 N–H and O–H groups in total. The Morgan fingerprint density at radius 2 is 2.29 bits per heavy atom. The molecule has 0 radical (unpaired) electrons. The van der Waals surface area contributed by atoms with Gasteiger partial charge in [0.1, 0.15) is 0 Å². The predicted molar refractivity (Wildman–Crippen MR) is 56.4 cm³/mol. The second-order valence-corrected chi connectivity index (χ2v) is 3.41. The van der Waals surface area contributed by atoms with Gasteiger partial charge in [0.05, 0.1) is 5.02 Å². The van der Waals surface area contributed by atoms with E-state index in [-0.39, 0.29) is 5.78 Å². The number of hydrogen-bond acceptors (Lipinski definition) is 3. The van der Waals surface area contributed by atoms with Gasteiger partial charge in [0, 0.05) is 44.3 Å². The van der Waals surface area contributed by atoms with Crippen LogP contribution in [0.4, 0.5) is 0 Å². The highest BCUT2D eigenvalue weighted by Crippen LogP contribution is 2.14. The fourth-order valence-corrected chi connectivity index (χ4v) is 1.09. The molecule has 1 aromatic heterocycles. The van der Waals surface area contributed by atoms with Gasteiger partial charge in [-0.15, -0.1) is 0 Å². The summed E-state index contributed by atoms with van der Waals surface area (Å²) in [5.41, 5.74) is 0.472. The van der Waals surface area contributed by atoms with E-state index in [4.69, 9.17) is 11.6 Å². The van der Waals surface area contributed by atoms with E-state index in [1.54, 1.807) is 23.4 Å². The van der Waals surface area contributed by atoms with Gasteiger partial charge in [-0.25, -0.2) is 0 Å². The Hall–Kier alpha value is -1.35. The van der Waals surface area contributed by atoms with Gasteiger partial charge in [0.25, 0.3) is 0 Å². The number of aromatic nitrogens is 1. The quantitative estimate of drug-likeness (QED) is 0.565. The second kappa shape index (κ2) is 4.77. The molecular weight excluding hydrogens is 200 g/mol. The summed E-state index contributed by atoms with van der Waals surface area (Å²) in [7, 11) is 3.69. The summed E-state index contributed by atoms with van der Waals surface area (Å²) in [5.74, 6) is -0.119. The van der Waals surface area contributed by atoms with E-state index in [1.165, 1.54) is 12.3 Å². The fraction of sp³-hybridized carbons (Fsp3) is 0.200. The molecule has 74 valence electrons. The van der Waals surface area contributed by atoms with Crippen molar-refractivity contribution in [3.63, 3.8) is 0 Å². The highest BCUT2D eigenvalue weighted by Gasteiger charge is 2.05. The van der Waals surface area contributed by atoms with Gasteiger partial charge in [-0.1, -0.05) is 11.6 Å². The van der Waals surface area contributed by atoms with Crippen molar-refractivity contribution in [1.82, 2.24) is 9.88 Å². The van der Waals surface area contributed by atoms with Crippen LogP contribution in [0.15, 0.2) is 30.7 Å². The molecule has 0 unspecified atom stereocenters. The lowest BCUT2D eigenvalue weighted by atomic mass is 10.2. The first kappa shape index (κ1) is 10.7. The van der Waals surface area contributed by atoms with Crippen LogP contribution in [-0.2, 0) is 0 Å². The largest absolute Gasteiger partial charge is 0.383 e. The van der Waals surface area contributed by atoms with Crippen molar-refractivity contribution < 1.29 is 4.79 Å². The number of rotatable bonds is 3. The smallest absolute Gasteiger partial charge is 0.188 e. The third-order valence-corrected chi connectivity index (χ3v) is 1.86. The molecule has 0 spiro atoms. The minimum absolute atomic E-state index is 0.119. The Balaban J connectivity index is 2.85. The van der Waals surface area contributed by atoms with Crippen molar-refractivity contribution in [3.05, 3.63) is 41.3 Å². The number of carbonyl (C=O) groups excluding carboxylic acids is 1. The molecule has 3 nitrogen and oxygen atoms in total. The average Bonchev–Trinajstić information content (AvgIpc) is 2.15. The first-order valence-electron chi connectivity index (χ1n) is 4.09. The van der Waals surface area contributed by atoms with Gasteiger partial charge in [-0.2, -0.15) is 0 Å². The molecule has 0 fully saturated rings. The molecule has 14 heavy (non-hydrogen) atoms. The first-order chi connectivity index (χ1) is 6.61. The number of nitrogens with zero attached hydrogens (tertiary/aromatic N) is 2. The van der Waals surface area contributed by atoms with Crippen molar-refractivity contribution in [2.45, 2.75) is 0 Å². The molecule has 0 aliphatic rings. The van der Waals surface area contributed by atoms with E-state index < -0.39 is 0 Å². The molecule has 4 heteroatoms. The number of hydrogen-bond donors (Lipinski definition) is 0. The van der Waals surface area contributed by atoms with Gasteiger partial charge in [-0.05, 0) is 6.07 Å². The maximum atomic E-state index is 11.5. The molecule has 0 amide bonds. The molecule has 0 aliphatic heterocycles. The molecule has 0 atom stereocenters. The highest BCUT2D eigenvalue weighted by atomic mass is 35.5. The summed E-state index contributed by atoms with van der Waals surface area (Å²) in [4.78, 5) is 17.1. The Morgan fingerprint density at radius 1 is 1.57 bits per heavy atom. The lowest BCUT2D eigenvalue weighted by Crippen LogP contribution is -2.03. The molecular formula is C10H11ClN2O. The Bertz CT molecular complexity index is 361. The lowest BCUT2D eigenvalue weighted by Gasteiger charge is -2.03. The number of carbonyl (C=O) groups is 1. The van der Waals surface area contributed by atoms with E-state index >= 15 is 0 Å². The summed E-state index contributed by atoms with van der Waals surface area (Å²) in [5, 5.41) is 0.376. The van der Waals surface area contributed by atoms with Gasteiger partial charge in [0.15, 0.2) is 5.78 Å². The summed E-state index contributed by atoms with van der Waals surface area (Å²) < 4.78 is 0. The van der Waals surface area contributed by atoms with Crippen LogP contribution >= 0.6 is 11.6 Å². The Morgan fingerprint density at radius 3 is 2.86 bits per heavy atom. The van der Waals surface area contributed by atoms with Crippen molar-refractivity contribution in [2.75, 3.05) is 14.1 Å². The zero-order valence-corrected chi connectivity index (χ0v) is 8.82. The van der Waals surface area contributed by atoms with Crippen LogP contribution < -0.4 is 0 Å². The van der Waals surface area contributed by atoms with Crippen LogP contribution in [0.3, 0.4) is 0 Å². The number of ketones is 1. The van der Waals surface area contributed by atoms with E-state index in [0.29, 0.717) is 10.6 Å². The van der Waals surface area contributed by atoms with Gasteiger partial charge < -0.3 is 4.90 Å². The first-order valence-corrected chi connectivity index (χ1v) is 4.47. The van der Waals surface area contributed by atoms with E-state index in [0.717, 1.165) is 0 Å². The predicted octanol–water partition coefficient (Wildman–Crippen LogP) is 1.99. The van der Waals surface area contributed by atoms with Crippen LogP contribution in [0, 0.1) is 0 Å². The fourth-order valence-electron chi connectivity index (χ4n) is 0.882.